The number of aromatic hydroxyl groups is 4. The van der Waals surface area contributed by atoms with Gasteiger partial charge in [-0.15, -0.1) is 0 Å². The van der Waals surface area contributed by atoms with E-state index in [1.807, 2.05) is 54.9 Å². The Morgan fingerprint density at radius 2 is 0.387 bits per heavy atom. The molecule has 0 saturated carbocycles. The summed E-state index contributed by atoms with van der Waals surface area (Å²) in [6.45, 7) is 54.9. The van der Waals surface area contributed by atoms with Gasteiger partial charge < -0.3 is 39.4 Å². The lowest BCUT2D eigenvalue weighted by Crippen LogP contribution is -2.13. The number of hydrogen-bond donors (Lipinski definition) is 4. The van der Waals surface area contributed by atoms with Crippen LogP contribution in [-0.2, 0) is 43.3 Å². The standard InChI is InChI=1S/C103H119N5O8S8/c1-96(2,3)62-40-72-88(109)76(44-62)121-84-52-68(102(19,20)21)53-85-94(84)115-38-34-106-58-70-26-25-27-71(108-70)59-107-35-39-116-95-86-54-69(103(22,23)24)55-87(95)124-79-47-65(99(10,11)12)43-75(91(79)112)120-83-51-67(101(16,17)18)50-82(119-74-42-64(98(7,8)9)46-78(123-86)90(74)111)93(83)114-37-33-105-57-61-30-28-60(29-31-61)56-104-32-36-113-92-80(117-72)48-66(100(13,14)15)49-81(92)118-73-41-63(97(4,5)6)45-77(122-85)89(73)110/h25-31,40-59,109-112H,32-39H2,1-24H3. The van der Waals surface area contributed by atoms with E-state index in [2.05, 4.69) is 263 Å². The number of ether oxygens (including phenoxy) is 4. The Bertz CT molecular complexity index is 5220. The molecule has 1 aromatic heterocycles. The van der Waals surface area contributed by atoms with Crippen LogP contribution in [0.2, 0.25) is 0 Å². The van der Waals surface area contributed by atoms with Crippen LogP contribution in [0.25, 0.3) is 0 Å². The molecule has 6 aliphatic heterocycles. The summed E-state index contributed by atoms with van der Waals surface area (Å²) in [7, 11) is 0. The maximum Gasteiger partial charge on any atom is 0.147 e. The molecular formula is C103H119N5O8S8. The fourth-order valence-corrected chi connectivity index (χ4v) is 22.7. The second kappa shape index (κ2) is 37.4. The number of benzene rings is 9. The van der Waals surface area contributed by atoms with E-state index in [1.54, 1.807) is 12.4 Å². The summed E-state index contributed by atoms with van der Waals surface area (Å²) in [5, 5.41) is 52.2. The minimum atomic E-state index is -0.322. The molecule has 13 nitrogen and oxygen atoms in total. The molecule has 0 saturated heterocycles. The van der Waals surface area contributed by atoms with Gasteiger partial charge in [-0.2, -0.15) is 0 Å². The molecular weight excluding hydrogens is 1690 g/mol. The third-order valence-electron chi connectivity index (χ3n) is 21.5. The summed E-state index contributed by atoms with van der Waals surface area (Å²) in [6.07, 6.45) is 7.27. The Hall–Kier alpha value is -7.99. The van der Waals surface area contributed by atoms with E-state index in [0.717, 1.165) is 94.8 Å². The van der Waals surface area contributed by atoms with Gasteiger partial charge >= 0.3 is 0 Å². The van der Waals surface area contributed by atoms with Crippen LogP contribution in [0, 0.1) is 0 Å². The van der Waals surface area contributed by atoms with Crippen LogP contribution in [-0.4, -0.2) is 103 Å². The van der Waals surface area contributed by atoms with Gasteiger partial charge in [0.25, 0.3) is 0 Å². The predicted molar refractivity (Wildman–Crippen MR) is 523 cm³/mol. The SMILES string of the molecule is CC(C)(C)c1cc2c(O)c(c1)Sc1cc(C(C)(C)C)cc3c1OCCN=Cc1cccc(n1)C=NCCOc1c4cc(C(C)(C)C)cc1Sc1cc(C(C)(C)C)cc(c1O)Sc1cc(C(C)(C)C)cc(c1OCCN=Cc1ccc(cc1)C=NCCOc1c(cc(C(C)(C)C)cc1Sc1cc(C(C)(C)C)cc(c1O)S3)S2)Sc1cc(C(C)(C)C)cc(c1O)S4. The molecule has 10 aromatic rings. The average molecular weight is 1810 g/mol. The monoisotopic (exact) mass is 1810 g/mol. The highest BCUT2D eigenvalue weighted by molar-refractivity contribution is 8.02. The summed E-state index contributed by atoms with van der Waals surface area (Å²) in [6, 6.07) is 48.4. The summed E-state index contributed by atoms with van der Waals surface area (Å²) < 4.78 is 28.4. The van der Waals surface area contributed by atoms with Crippen molar-refractivity contribution in [2.75, 3.05) is 52.6 Å². The number of hydrogen-bond acceptors (Lipinski definition) is 21. The number of pyridine rings is 1. The topological polar surface area (TPSA) is 180 Å². The van der Waals surface area contributed by atoms with Crippen LogP contribution in [0.15, 0.2) is 238 Å². The third kappa shape index (κ3) is 22.9. The van der Waals surface area contributed by atoms with Crippen molar-refractivity contribution in [1.29, 1.82) is 0 Å². The molecule has 4 N–H and O–H groups in total. The van der Waals surface area contributed by atoms with E-state index < -0.39 is 0 Å². The molecule has 7 heterocycles. The Morgan fingerprint density at radius 1 is 0.226 bits per heavy atom. The van der Waals surface area contributed by atoms with E-state index in [1.165, 1.54) is 94.1 Å². The van der Waals surface area contributed by atoms with Gasteiger partial charge in [-0.3, -0.25) is 20.0 Å². The van der Waals surface area contributed by atoms with Crippen LogP contribution in [0.5, 0.6) is 46.0 Å². The highest BCUT2D eigenvalue weighted by Crippen LogP contribution is 2.60. The quantitative estimate of drug-likeness (QED) is 0.112. The van der Waals surface area contributed by atoms with Crippen molar-refractivity contribution in [3.8, 4) is 46.0 Å². The zero-order chi connectivity index (χ0) is 89.6. The van der Waals surface area contributed by atoms with Crippen LogP contribution in [0.3, 0.4) is 0 Å². The van der Waals surface area contributed by atoms with Gasteiger partial charge in [-0.25, -0.2) is 4.98 Å². The second-order valence-corrected chi connectivity index (χ2v) is 48.7. The van der Waals surface area contributed by atoms with Gasteiger partial charge in [0.15, 0.2) is 0 Å². The number of aliphatic imine (C=N–C) groups is 4. The summed E-state index contributed by atoms with van der Waals surface area (Å²) in [5.41, 5.74) is 8.99. The lowest BCUT2D eigenvalue weighted by atomic mass is 9.87. The molecule has 24 bridgehead atoms. The lowest BCUT2D eigenvalue weighted by Gasteiger charge is -2.27. The molecule has 21 heteroatoms. The first-order valence-corrected chi connectivity index (χ1v) is 48.9. The van der Waals surface area contributed by atoms with Crippen molar-refractivity contribution in [3.63, 3.8) is 0 Å². The van der Waals surface area contributed by atoms with Gasteiger partial charge in [0.05, 0.1) is 116 Å². The van der Waals surface area contributed by atoms with Crippen molar-refractivity contribution in [3.05, 3.63) is 207 Å². The average Bonchev–Trinajstić information content (AvgIpc) is 0.763. The molecule has 124 heavy (non-hydrogen) atoms. The molecule has 0 aliphatic carbocycles. The van der Waals surface area contributed by atoms with Crippen molar-refractivity contribution in [2.45, 2.75) is 288 Å². The van der Waals surface area contributed by atoms with Crippen molar-refractivity contribution < 1.29 is 39.4 Å². The molecule has 0 fully saturated rings. The fraction of sp³-hybridized carbons (Fsp3) is 0.388. The van der Waals surface area contributed by atoms with E-state index in [0.29, 0.717) is 86.6 Å². The molecule has 0 atom stereocenters. The molecule has 16 rings (SSSR count). The summed E-state index contributed by atoms with van der Waals surface area (Å²) in [4.78, 5) is 36.6. The van der Waals surface area contributed by atoms with Gasteiger partial charge in [0, 0.05) is 24.9 Å². The van der Waals surface area contributed by atoms with Crippen LogP contribution >= 0.6 is 94.1 Å². The maximum atomic E-state index is 13.0. The van der Waals surface area contributed by atoms with E-state index in [-0.39, 0.29) is 106 Å². The largest absolute Gasteiger partial charge is 0.506 e. The maximum absolute atomic E-state index is 13.0. The van der Waals surface area contributed by atoms with Crippen molar-refractivity contribution in [2.24, 2.45) is 20.0 Å². The molecule has 652 valence electrons. The number of phenolic OH excluding ortho intramolecular Hbond substituents is 4. The normalized spacial score (nSPS) is 15.2. The molecule has 0 spiro atoms. The van der Waals surface area contributed by atoms with Crippen molar-refractivity contribution in [1.82, 2.24) is 4.98 Å². The highest BCUT2D eigenvalue weighted by Gasteiger charge is 2.34. The second-order valence-electron chi connectivity index (χ2n) is 40.0. The van der Waals surface area contributed by atoms with E-state index in [9.17, 15) is 20.4 Å². The van der Waals surface area contributed by atoms with Crippen LogP contribution in [0.4, 0.5) is 0 Å². The van der Waals surface area contributed by atoms with Gasteiger partial charge in [0.2, 0.25) is 0 Å². The number of rotatable bonds is 0. The zero-order valence-corrected chi connectivity index (χ0v) is 82.7. The number of fused-ring (bicyclic) bond motifs is 2. The number of phenols is 4. The van der Waals surface area contributed by atoms with Gasteiger partial charge in [-0.1, -0.05) is 291 Å². The first-order chi connectivity index (χ1) is 58.1. The van der Waals surface area contributed by atoms with Gasteiger partial charge in [0.1, 0.15) is 72.4 Å². The van der Waals surface area contributed by atoms with Gasteiger partial charge in [-0.05, 0) is 208 Å². The zero-order valence-electron chi connectivity index (χ0n) is 76.2. The Balaban J connectivity index is 0.935. The predicted octanol–water partition coefficient (Wildman–Crippen LogP) is 28.4. The van der Waals surface area contributed by atoms with Crippen LogP contribution in [0.1, 0.15) is 233 Å². The van der Waals surface area contributed by atoms with E-state index >= 15 is 0 Å². The van der Waals surface area contributed by atoms with Crippen LogP contribution < -0.4 is 18.9 Å². The number of nitrogens with zero attached hydrogens (tertiary/aromatic N) is 5. The molecule has 0 amide bonds. The fourth-order valence-electron chi connectivity index (χ4n) is 13.6. The smallest absolute Gasteiger partial charge is 0.147 e. The van der Waals surface area contributed by atoms with E-state index in [4.69, 9.17) is 43.9 Å². The molecule has 0 radical (unpaired) electrons. The third-order valence-corrected chi connectivity index (χ3v) is 29.9. The highest BCUT2D eigenvalue weighted by atomic mass is 32.2. The minimum absolute atomic E-state index is 0.143. The lowest BCUT2D eigenvalue weighted by molar-refractivity contribution is 0.312. The summed E-state index contributed by atoms with van der Waals surface area (Å²) >= 11 is 11.8. The Kier molecular flexibility index (Phi) is 28.2. The first-order valence-electron chi connectivity index (χ1n) is 42.3. The summed E-state index contributed by atoms with van der Waals surface area (Å²) in [5.74, 6) is 3.05. The molecule has 0 unspecified atom stereocenters. The molecule has 6 aliphatic rings. The molecule has 9 aromatic carbocycles. The first kappa shape index (κ1) is 93.6. The Labute approximate surface area is 769 Å². The van der Waals surface area contributed by atoms with Crippen molar-refractivity contribution >= 4 is 119 Å². The Morgan fingerprint density at radius 3 is 0.556 bits per heavy atom. The minimum Gasteiger partial charge on any atom is -0.506 e. The number of aromatic nitrogens is 1.